The van der Waals surface area contributed by atoms with Gasteiger partial charge in [-0.25, -0.2) is 9.69 Å². The lowest BCUT2D eigenvalue weighted by Gasteiger charge is -2.24. The molecule has 0 aromatic heterocycles. The van der Waals surface area contributed by atoms with E-state index in [0.717, 1.165) is 4.90 Å². The lowest BCUT2D eigenvalue weighted by molar-refractivity contribution is -0.151. The Bertz CT molecular complexity index is 734. The van der Waals surface area contributed by atoms with E-state index < -0.39 is 29.0 Å². The molecule has 0 saturated heterocycles. The molecule has 7 heteroatoms. The van der Waals surface area contributed by atoms with E-state index in [9.17, 15) is 19.5 Å². The Balaban J connectivity index is 2.38. The second kappa shape index (κ2) is 6.92. The van der Waals surface area contributed by atoms with E-state index in [2.05, 4.69) is 5.32 Å². The average Bonchev–Trinajstić information content (AvgIpc) is 2.74. The summed E-state index contributed by atoms with van der Waals surface area (Å²) >= 11 is 0. The minimum Gasteiger partial charge on any atom is -0.455 e. The maximum absolute atomic E-state index is 12.7. The van der Waals surface area contributed by atoms with Gasteiger partial charge in [-0.1, -0.05) is 12.1 Å². The summed E-state index contributed by atoms with van der Waals surface area (Å²) in [5.74, 6) is -1.99. The van der Waals surface area contributed by atoms with Crippen molar-refractivity contribution in [2.75, 3.05) is 6.54 Å². The van der Waals surface area contributed by atoms with Crippen molar-refractivity contribution in [1.29, 1.82) is 0 Å². The summed E-state index contributed by atoms with van der Waals surface area (Å²) in [7, 11) is 0. The summed E-state index contributed by atoms with van der Waals surface area (Å²) in [6.07, 6.45) is 1.23. The highest BCUT2D eigenvalue weighted by Crippen LogP contribution is 2.27. The summed E-state index contributed by atoms with van der Waals surface area (Å²) < 4.78 is 5.33. The highest BCUT2D eigenvalue weighted by molar-refractivity contribution is 6.24. The third-order valence-electron chi connectivity index (χ3n) is 3.42. The number of esters is 1. The van der Waals surface area contributed by atoms with Crippen molar-refractivity contribution in [3.8, 4) is 0 Å². The van der Waals surface area contributed by atoms with Crippen LogP contribution in [0, 0.1) is 0 Å². The molecule has 1 heterocycles. The third-order valence-corrected chi connectivity index (χ3v) is 3.42. The molecule has 0 atom stereocenters. The monoisotopic (exact) mass is 360 g/mol. The lowest BCUT2D eigenvalue weighted by Crippen LogP contribution is -2.39. The van der Waals surface area contributed by atoms with Crippen LogP contribution in [0.5, 0.6) is 0 Å². The fourth-order valence-electron chi connectivity index (χ4n) is 2.35. The molecule has 140 valence electrons. The van der Waals surface area contributed by atoms with Crippen LogP contribution in [0.1, 0.15) is 55.3 Å². The molecule has 26 heavy (non-hydrogen) atoms. The highest BCUT2D eigenvalue weighted by Gasteiger charge is 2.41. The minimum absolute atomic E-state index is 0.114. The summed E-state index contributed by atoms with van der Waals surface area (Å²) in [6.45, 7) is 8.36. The molecule has 1 aromatic rings. The molecule has 0 saturated carbocycles. The average molecular weight is 360 g/mol. The van der Waals surface area contributed by atoms with Gasteiger partial charge in [-0.15, -0.1) is 0 Å². The van der Waals surface area contributed by atoms with Gasteiger partial charge in [0.1, 0.15) is 5.60 Å². The smallest absolute Gasteiger partial charge is 0.357 e. The van der Waals surface area contributed by atoms with E-state index in [0.29, 0.717) is 0 Å². The topological polar surface area (TPSA) is 95.9 Å². The van der Waals surface area contributed by atoms with Gasteiger partial charge in [0.15, 0.2) is 5.70 Å². The van der Waals surface area contributed by atoms with E-state index in [1.54, 1.807) is 46.8 Å². The van der Waals surface area contributed by atoms with Crippen LogP contribution in [0.2, 0.25) is 0 Å². The fraction of sp³-hybridized carbons (Fsp3) is 0.421. The number of carbonyl (C=O) groups excluding carboxylic acids is 3. The van der Waals surface area contributed by atoms with Crippen LogP contribution in [-0.2, 0) is 9.53 Å². The number of amides is 2. The van der Waals surface area contributed by atoms with Crippen molar-refractivity contribution >= 4 is 17.8 Å². The summed E-state index contributed by atoms with van der Waals surface area (Å²) in [5.41, 5.74) is -1.61. The molecule has 2 amide bonds. The number of imide groups is 1. The first kappa shape index (κ1) is 19.7. The van der Waals surface area contributed by atoms with Gasteiger partial charge in [-0.3, -0.25) is 9.59 Å². The highest BCUT2D eigenvalue weighted by atomic mass is 16.6. The van der Waals surface area contributed by atoms with Crippen LogP contribution in [0.25, 0.3) is 0 Å². The van der Waals surface area contributed by atoms with Crippen molar-refractivity contribution in [1.82, 2.24) is 10.2 Å². The molecule has 0 spiro atoms. The first-order chi connectivity index (χ1) is 11.9. The van der Waals surface area contributed by atoms with E-state index in [4.69, 9.17) is 4.74 Å². The van der Waals surface area contributed by atoms with Crippen LogP contribution in [-0.4, -0.2) is 45.5 Å². The molecule has 0 unspecified atom stereocenters. The zero-order valence-corrected chi connectivity index (χ0v) is 15.6. The summed E-state index contributed by atoms with van der Waals surface area (Å²) in [4.78, 5) is 38.7. The number of ether oxygens (including phenoxy) is 1. The normalized spacial score (nSPS) is 15.2. The van der Waals surface area contributed by atoms with Gasteiger partial charge in [-0.05, 0) is 46.8 Å². The predicted octanol–water partition coefficient (Wildman–Crippen LogP) is 1.83. The number of carbonyl (C=O) groups is 3. The number of hydrogen-bond donors (Lipinski definition) is 2. The van der Waals surface area contributed by atoms with Crippen molar-refractivity contribution < 1.29 is 24.2 Å². The van der Waals surface area contributed by atoms with Crippen LogP contribution in [0.4, 0.5) is 0 Å². The number of rotatable bonds is 5. The molecule has 2 rings (SSSR count). The van der Waals surface area contributed by atoms with Gasteiger partial charge in [0.25, 0.3) is 11.8 Å². The number of fused-ring (bicyclic) bond motifs is 1. The van der Waals surface area contributed by atoms with Crippen molar-refractivity contribution in [3.05, 3.63) is 47.3 Å². The van der Waals surface area contributed by atoms with Gasteiger partial charge < -0.3 is 15.2 Å². The number of aliphatic hydroxyl groups is 1. The quantitative estimate of drug-likeness (QED) is 0.472. The fourth-order valence-corrected chi connectivity index (χ4v) is 2.35. The second-order valence-electron chi connectivity index (χ2n) is 7.72. The molecule has 1 aliphatic rings. The number of nitrogens with zero attached hydrogens (tertiary/aromatic N) is 1. The largest absolute Gasteiger partial charge is 0.455 e. The molecule has 2 N–H and O–H groups in total. The molecule has 0 fully saturated rings. The molecule has 1 aliphatic heterocycles. The second-order valence-corrected chi connectivity index (χ2v) is 7.72. The lowest BCUT2D eigenvalue weighted by atomic mass is 10.1. The van der Waals surface area contributed by atoms with E-state index in [-0.39, 0.29) is 23.4 Å². The van der Waals surface area contributed by atoms with E-state index >= 15 is 0 Å². The zero-order valence-electron chi connectivity index (χ0n) is 15.6. The zero-order chi connectivity index (χ0) is 19.7. The van der Waals surface area contributed by atoms with E-state index in [1.807, 2.05) is 0 Å². The maximum atomic E-state index is 12.7. The van der Waals surface area contributed by atoms with Gasteiger partial charge in [0.2, 0.25) is 0 Å². The number of nitrogens with one attached hydrogen (secondary N) is 1. The van der Waals surface area contributed by atoms with Crippen molar-refractivity contribution in [2.45, 2.75) is 45.8 Å². The Morgan fingerprint density at radius 3 is 2.04 bits per heavy atom. The van der Waals surface area contributed by atoms with Gasteiger partial charge >= 0.3 is 5.97 Å². The van der Waals surface area contributed by atoms with E-state index in [1.165, 1.54) is 18.3 Å². The van der Waals surface area contributed by atoms with Gasteiger partial charge in [0.05, 0.1) is 16.7 Å². The van der Waals surface area contributed by atoms with Crippen molar-refractivity contribution in [3.63, 3.8) is 0 Å². The Labute approximate surface area is 152 Å². The van der Waals surface area contributed by atoms with Gasteiger partial charge in [0, 0.05) is 12.7 Å². The molecule has 0 aliphatic carbocycles. The Hall–Kier alpha value is -2.67. The molecular formula is C19H24N2O5. The van der Waals surface area contributed by atoms with Crippen LogP contribution >= 0.6 is 0 Å². The Morgan fingerprint density at radius 2 is 1.62 bits per heavy atom. The summed E-state index contributed by atoms with van der Waals surface area (Å²) in [5, 5.41) is 12.6. The third kappa shape index (κ3) is 4.49. The molecular weight excluding hydrogens is 336 g/mol. The maximum Gasteiger partial charge on any atom is 0.357 e. The Kier molecular flexibility index (Phi) is 5.23. The van der Waals surface area contributed by atoms with Crippen molar-refractivity contribution in [2.24, 2.45) is 0 Å². The summed E-state index contributed by atoms with van der Waals surface area (Å²) in [6, 6.07) is 6.37. The molecule has 1 aromatic carbocycles. The van der Waals surface area contributed by atoms with Crippen LogP contribution in [0.3, 0.4) is 0 Å². The standard InChI is InChI=1S/C19H24N2O5/c1-18(2,3)26-17(24)14(10-20-11-19(4,5)25)21-15(22)12-8-6-7-9-13(12)16(21)23/h6-10,20,25H,11H2,1-5H3/b14-10+. The predicted molar refractivity (Wildman–Crippen MR) is 95.2 cm³/mol. The number of hydrogen-bond acceptors (Lipinski definition) is 6. The van der Waals surface area contributed by atoms with Crippen LogP contribution in [0.15, 0.2) is 36.2 Å². The SMILES string of the molecule is CC(C)(O)CN/C=C(\C(=O)OC(C)(C)C)N1C(=O)c2ccccc2C1=O. The Morgan fingerprint density at radius 1 is 1.12 bits per heavy atom. The number of benzene rings is 1. The first-order valence-corrected chi connectivity index (χ1v) is 8.28. The molecule has 0 bridgehead atoms. The molecule has 7 nitrogen and oxygen atoms in total. The first-order valence-electron chi connectivity index (χ1n) is 8.28. The minimum atomic E-state index is -1.04. The van der Waals surface area contributed by atoms with Gasteiger partial charge in [-0.2, -0.15) is 0 Å². The van der Waals surface area contributed by atoms with Crippen LogP contribution < -0.4 is 5.32 Å². The molecule has 0 radical (unpaired) electrons.